The van der Waals surface area contributed by atoms with Gasteiger partial charge in [0.25, 0.3) is 0 Å². The number of amides is 1. The summed E-state index contributed by atoms with van der Waals surface area (Å²) in [5.41, 5.74) is 1.68. The molecule has 4 fully saturated rings. The first kappa shape index (κ1) is 21.8. The molecular formula is C22H23FN8O4. The first-order valence-corrected chi connectivity index (χ1v) is 11.3. The summed E-state index contributed by atoms with van der Waals surface area (Å²) in [6.07, 6.45) is 0.299. The Bertz CT molecular complexity index is 1320. The van der Waals surface area contributed by atoms with Crippen LogP contribution < -0.4 is 10.6 Å². The lowest BCUT2D eigenvalue weighted by Gasteiger charge is -2.61. The number of anilines is 2. The van der Waals surface area contributed by atoms with E-state index in [1.807, 2.05) is 6.07 Å². The van der Waals surface area contributed by atoms with Crippen LogP contribution in [0.4, 0.5) is 20.8 Å². The average molecular weight is 482 g/mol. The topological polar surface area (TPSA) is 151 Å². The third-order valence-corrected chi connectivity index (χ3v) is 6.81. The number of carbonyl (C=O) groups excluding carboxylic acids is 1. The summed E-state index contributed by atoms with van der Waals surface area (Å²) in [5, 5.41) is 26.5. The number of methoxy groups -OCH3 is 1. The number of nitrogens with zero attached hydrogens (tertiary/aromatic N) is 5. The highest BCUT2D eigenvalue weighted by atomic mass is 19.1. The van der Waals surface area contributed by atoms with Crippen LogP contribution in [-0.2, 0) is 20.8 Å². The SMILES string of the molecule is COCc1cc2c(Nc3cc([C@@H]4OC[C@H](OC(=O)NC56CC(C5)C6)[C@@H]4F)[nH]n3)nc(C#N)cn2n1. The number of hydrogen-bond acceptors (Lipinski definition) is 9. The second-order valence-corrected chi connectivity index (χ2v) is 9.34. The molecule has 35 heavy (non-hydrogen) atoms. The molecule has 4 heterocycles. The van der Waals surface area contributed by atoms with Crippen LogP contribution >= 0.6 is 0 Å². The summed E-state index contributed by atoms with van der Waals surface area (Å²) in [6, 6.07) is 5.37. The lowest BCUT2D eigenvalue weighted by atomic mass is 9.50. The van der Waals surface area contributed by atoms with E-state index in [1.54, 1.807) is 19.2 Å². The van der Waals surface area contributed by atoms with E-state index in [9.17, 15) is 10.1 Å². The van der Waals surface area contributed by atoms with E-state index in [-0.39, 0.29) is 17.8 Å². The minimum atomic E-state index is -1.56. The van der Waals surface area contributed by atoms with Crippen molar-refractivity contribution in [3.05, 3.63) is 35.4 Å². The van der Waals surface area contributed by atoms with Crippen LogP contribution in [0, 0.1) is 17.2 Å². The first-order valence-electron chi connectivity index (χ1n) is 11.3. The molecule has 2 bridgehead atoms. The van der Waals surface area contributed by atoms with E-state index < -0.39 is 24.5 Å². The molecule has 1 saturated heterocycles. The number of ether oxygens (including phenoxy) is 3. The minimum Gasteiger partial charge on any atom is -0.441 e. The van der Waals surface area contributed by atoms with E-state index in [1.165, 1.54) is 10.7 Å². The Morgan fingerprint density at radius 1 is 1.43 bits per heavy atom. The maximum Gasteiger partial charge on any atom is 0.408 e. The van der Waals surface area contributed by atoms with Crippen molar-refractivity contribution in [2.45, 2.75) is 49.8 Å². The zero-order valence-corrected chi connectivity index (χ0v) is 18.8. The lowest BCUT2D eigenvalue weighted by molar-refractivity contribution is -0.0528. The van der Waals surface area contributed by atoms with Gasteiger partial charge < -0.3 is 24.8 Å². The van der Waals surface area contributed by atoms with Crippen molar-refractivity contribution in [1.29, 1.82) is 5.26 Å². The van der Waals surface area contributed by atoms with Gasteiger partial charge in [0.1, 0.15) is 17.7 Å². The highest BCUT2D eigenvalue weighted by Crippen LogP contribution is 2.57. The van der Waals surface area contributed by atoms with Crippen LogP contribution in [0.1, 0.15) is 42.4 Å². The van der Waals surface area contributed by atoms with Crippen molar-refractivity contribution in [1.82, 2.24) is 30.1 Å². The zero-order valence-electron chi connectivity index (χ0n) is 18.8. The molecular weight excluding hydrogens is 459 g/mol. The number of halogens is 1. The summed E-state index contributed by atoms with van der Waals surface area (Å²) in [6.45, 7) is 0.246. The molecule has 4 aliphatic rings. The summed E-state index contributed by atoms with van der Waals surface area (Å²) in [5.74, 6) is 1.41. The number of alkyl halides is 1. The number of nitrogens with one attached hydrogen (secondary N) is 3. The Labute approximate surface area is 198 Å². The number of carbonyl (C=O) groups is 1. The van der Waals surface area contributed by atoms with Gasteiger partial charge in [0.2, 0.25) is 0 Å². The Morgan fingerprint density at radius 2 is 2.26 bits per heavy atom. The van der Waals surface area contributed by atoms with Gasteiger partial charge in [0.05, 0.1) is 30.8 Å². The molecule has 0 radical (unpaired) electrons. The second kappa shape index (κ2) is 8.17. The fourth-order valence-electron chi connectivity index (χ4n) is 5.03. The molecule has 0 unspecified atom stereocenters. The Kier molecular flexibility index (Phi) is 5.08. The molecule has 0 spiro atoms. The van der Waals surface area contributed by atoms with Gasteiger partial charge in [0.15, 0.2) is 29.6 Å². The van der Waals surface area contributed by atoms with Crippen LogP contribution in [0.2, 0.25) is 0 Å². The van der Waals surface area contributed by atoms with Crippen molar-refractivity contribution in [2.24, 2.45) is 5.92 Å². The van der Waals surface area contributed by atoms with Gasteiger partial charge in [-0.25, -0.2) is 18.7 Å². The number of alkyl carbamates (subject to hydrolysis) is 1. The predicted molar refractivity (Wildman–Crippen MR) is 117 cm³/mol. The van der Waals surface area contributed by atoms with Crippen molar-refractivity contribution in [3.8, 4) is 6.07 Å². The van der Waals surface area contributed by atoms with Crippen molar-refractivity contribution in [3.63, 3.8) is 0 Å². The van der Waals surface area contributed by atoms with E-state index >= 15 is 4.39 Å². The molecule has 182 valence electrons. The van der Waals surface area contributed by atoms with Gasteiger partial charge in [-0.3, -0.25) is 5.10 Å². The van der Waals surface area contributed by atoms with E-state index in [2.05, 4.69) is 30.9 Å². The summed E-state index contributed by atoms with van der Waals surface area (Å²) in [4.78, 5) is 16.5. The van der Waals surface area contributed by atoms with Crippen LogP contribution in [0.3, 0.4) is 0 Å². The third kappa shape index (κ3) is 3.84. The number of H-pyrrole nitrogens is 1. The monoisotopic (exact) mass is 482 g/mol. The van der Waals surface area contributed by atoms with Crippen LogP contribution in [-0.4, -0.2) is 62.4 Å². The number of nitriles is 1. The van der Waals surface area contributed by atoms with Gasteiger partial charge >= 0.3 is 6.09 Å². The molecule has 12 nitrogen and oxygen atoms in total. The van der Waals surface area contributed by atoms with Crippen molar-refractivity contribution >= 4 is 23.2 Å². The molecule has 3 aliphatic carbocycles. The van der Waals surface area contributed by atoms with Crippen molar-refractivity contribution < 1.29 is 23.4 Å². The molecule has 3 atom stereocenters. The highest BCUT2D eigenvalue weighted by Gasteiger charge is 2.58. The molecule has 1 amide bonds. The summed E-state index contributed by atoms with van der Waals surface area (Å²) < 4.78 is 32.6. The summed E-state index contributed by atoms with van der Waals surface area (Å²) >= 11 is 0. The van der Waals surface area contributed by atoms with Crippen molar-refractivity contribution in [2.75, 3.05) is 19.0 Å². The van der Waals surface area contributed by atoms with E-state index in [0.29, 0.717) is 41.1 Å². The minimum absolute atomic E-state index is 0.0544. The number of aromatic amines is 1. The Balaban J connectivity index is 1.14. The normalized spacial score (nSPS) is 28.7. The number of fused-ring (bicyclic) bond motifs is 1. The Morgan fingerprint density at radius 3 is 2.97 bits per heavy atom. The number of aromatic nitrogens is 5. The summed E-state index contributed by atoms with van der Waals surface area (Å²) in [7, 11) is 1.56. The highest BCUT2D eigenvalue weighted by molar-refractivity contribution is 5.73. The molecule has 1 aliphatic heterocycles. The van der Waals surface area contributed by atoms with Crippen LogP contribution in [0.25, 0.3) is 5.52 Å². The largest absolute Gasteiger partial charge is 0.441 e. The standard InChI is InChI=1S/C22H23FN8O4/c1-33-9-12-2-15-20(25-13(7-24)8-31(15)30-12)26-17-3-14(28-29-17)19-18(23)16(10-34-19)35-21(32)27-22-4-11(5-22)6-22/h2-3,8,11,16,18-19H,4-6,9-10H2,1H3,(H,27,32)(H2,25,26,28,29)/t11?,16-,18-,19-,22?/m0/s1. The van der Waals surface area contributed by atoms with E-state index in [0.717, 1.165) is 19.3 Å². The Hall–Kier alpha value is -3.76. The van der Waals surface area contributed by atoms with Gasteiger partial charge in [-0.2, -0.15) is 15.5 Å². The molecule has 3 saturated carbocycles. The molecule has 3 aromatic rings. The van der Waals surface area contributed by atoms with Gasteiger partial charge in [-0.15, -0.1) is 0 Å². The molecule has 3 aromatic heterocycles. The second-order valence-electron chi connectivity index (χ2n) is 9.34. The smallest absolute Gasteiger partial charge is 0.408 e. The molecule has 13 heteroatoms. The fourth-order valence-corrected chi connectivity index (χ4v) is 5.03. The maximum atomic E-state index is 15.1. The quantitative estimate of drug-likeness (QED) is 0.460. The van der Waals surface area contributed by atoms with Gasteiger partial charge in [-0.05, 0) is 31.2 Å². The number of hydrogen-bond donors (Lipinski definition) is 3. The van der Waals surface area contributed by atoms with Crippen LogP contribution in [0.15, 0.2) is 18.3 Å². The van der Waals surface area contributed by atoms with Gasteiger partial charge in [0, 0.05) is 18.7 Å². The average Bonchev–Trinajstić information content (AvgIpc) is 3.49. The third-order valence-electron chi connectivity index (χ3n) is 6.81. The van der Waals surface area contributed by atoms with Gasteiger partial charge in [-0.1, -0.05) is 0 Å². The zero-order chi connectivity index (χ0) is 24.2. The fraction of sp³-hybridized carbons (Fsp3) is 0.500. The maximum absolute atomic E-state index is 15.1. The predicted octanol–water partition coefficient (Wildman–Crippen LogP) is 2.27. The molecule has 3 N–H and O–H groups in total. The van der Waals surface area contributed by atoms with E-state index in [4.69, 9.17) is 14.2 Å². The van der Waals surface area contributed by atoms with Crippen LogP contribution in [0.5, 0.6) is 0 Å². The first-order chi connectivity index (χ1) is 16.9. The number of rotatable bonds is 7. The molecule has 7 rings (SSSR count). The lowest BCUT2D eigenvalue weighted by Crippen LogP contribution is -2.68. The molecule has 0 aromatic carbocycles.